The predicted molar refractivity (Wildman–Crippen MR) is 167 cm³/mol. The first-order valence-corrected chi connectivity index (χ1v) is 14.2. The topological polar surface area (TPSA) is 0 Å². The van der Waals surface area contributed by atoms with Crippen molar-refractivity contribution < 1.29 is 51.0 Å². The average Bonchev–Trinajstić information content (AvgIpc) is 3.59. The Hall–Kier alpha value is -2.22. The molecule has 4 heteroatoms. The van der Waals surface area contributed by atoms with Gasteiger partial charge < -0.3 is 24.8 Å². The minimum Gasteiger partial charge on any atom is -1.00 e. The third kappa shape index (κ3) is 9.42. The number of aryl methyl sites for hydroxylation is 2. The van der Waals surface area contributed by atoms with Gasteiger partial charge in [-0.2, -0.15) is 12.1 Å². The number of halogens is 2. The quantitative estimate of drug-likeness (QED) is 0.193. The second kappa shape index (κ2) is 19.8. The Bertz CT molecular complexity index is 1500. The SMILES string of the molecule is CC.CCc1cc2c(-c3ccccc3)cccc2[cH-]1.C[Si].Cc1cc2c(-c3ccccc3)cccc2[cH-]1.[Cl-].[Cl-].[Zr+4]. The summed E-state index contributed by atoms with van der Waals surface area (Å²) in [5.41, 5.74) is 8.00. The summed E-state index contributed by atoms with van der Waals surface area (Å²) in [7, 11) is 2.97. The van der Waals surface area contributed by atoms with Gasteiger partial charge >= 0.3 is 26.2 Å². The first-order chi connectivity index (χ1) is 18.2. The van der Waals surface area contributed by atoms with Crippen LogP contribution in [0.3, 0.4) is 0 Å². The minimum atomic E-state index is 0. The molecule has 6 aromatic carbocycles. The molecule has 0 saturated heterocycles. The van der Waals surface area contributed by atoms with Crippen molar-refractivity contribution in [2.75, 3.05) is 0 Å². The van der Waals surface area contributed by atoms with Crippen molar-refractivity contribution in [3.63, 3.8) is 0 Å². The van der Waals surface area contributed by atoms with Crippen LogP contribution in [-0.4, -0.2) is 10.2 Å². The van der Waals surface area contributed by atoms with Gasteiger partial charge in [0.2, 0.25) is 0 Å². The van der Waals surface area contributed by atoms with Crippen LogP contribution >= 0.6 is 0 Å². The van der Waals surface area contributed by atoms with E-state index in [4.69, 9.17) is 0 Å². The maximum atomic E-state index is 2.97. The van der Waals surface area contributed by atoms with E-state index in [9.17, 15) is 0 Å². The summed E-state index contributed by atoms with van der Waals surface area (Å²) in [5, 5.41) is 5.41. The van der Waals surface area contributed by atoms with E-state index in [2.05, 4.69) is 145 Å². The Morgan fingerprint density at radius 2 is 1.00 bits per heavy atom. The maximum absolute atomic E-state index is 2.97. The summed E-state index contributed by atoms with van der Waals surface area (Å²) >= 11 is 0. The molecule has 0 amide bonds. The summed E-state index contributed by atoms with van der Waals surface area (Å²) in [6.45, 7) is 10.2. The molecule has 0 nitrogen and oxygen atoms in total. The number of hydrogen-bond acceptors (Lipinski definition) is 0. The van der Waals surface area contributed by atoms with Crippen molar-refractivity contribution in [1.29, 1.82) is 0 Å². The molecule has 6 rings (SSSR count). The van der Waals surface area contributed by atoms with E-state index in [1.807, 2.05) is 13.8 Å². The fraction of sp³-hybridized carbons (Fsp3) is 0.167. The number of benzene rings is 4. The molecular formula is C36H37Cl2SiZr. The van der Waals surface area contributed by atoms with E-state index < -0.39 is 0 Å². The standard InChI is InChI=1S/C17H15.C16H13.C2H6.CH3Si.2ClH.Zr/c1-2-13-11-15-9-6-10-16(17(15)12-13)14-7-4-3-5-8-14;1-12-10-14-8-5-9-15(16(14)11-12)13-6-3-2-4-7-13;2*1-2;;;/h3-12H,2H2,1H3;2-11H,1H3;1-2H3;1H3;2*1H;/q2*-1;;;;;+4/p-2. The van der Waals surface area contributed by atoms with Gasteiger partial charge in [0, 0.05) is 10.2 Å². The Labute approximate surface area is 276 Å². The second-order valence-electron chi connectivity index (χ2n) is 8.60. The summed E-state index contributed by atoms with van der Waals surface area (Å²) in [6, 6.07) is 43.3. The van der Waals surface area contributed by atoms with E-state index in [0.29, 0.717) is 0 Å². The van der Waals surface area contributed by atoms with Crippen molar-refractivity contribution in [3.8, 4) is 22.3 Å². The zero-order chi connectivity index (χ0) is 26.6. The van der Waals surface area contributed by atoms with Gasteiger partial charge in [-0.15, -0.1) is 69.1 Å². The summed E-state index contributed by atoms with van der Waals surface area (Å²) in [4.78, 5) is 0. The minimum absolute atomic E-state index is 0. The zero-order valence-corrected chi connectivity index (χ0v) is 29.0. The smallest absolute Gasteiger partial charge is 1.00 e. The van der Waals surface area contributed by atoms with E-state index in [1.165, 1.54) is 54.9 Å². The van der Waals surface area contributed by atoms with Crippen LogP contribution in [0.1, 0.15) is 31.9 Å². The maximum Gasteiger partial charge on any atom is 4.00 e. The molecule has 0 aliphatic rings. The Morgan fingerprint density at radius 1 is 0.575 bits per heavy atom. The van der Waals surface area contributed by atoms with E-state index in [0.717, 1.165) is 6.42 Å². The molecule has 203 valence electrons. The van der Waals surface area contributed by atoms with Crippen LogP contribution in [0.5, 0.6) is 0 Å². The Morgan fingerprint density at radius 3 is 1.45 bits per heavy atom. The third-order valence-electron chi connectivity index (χ3n) is 6.28. The van der Waals surface area contributed by atoms with Gasteiger partial charge in [0.15, 0.2) is 0 Å². The summed E-state index contributed by atoms with van der Waals surface area (Å²) in [6.07, 6.45) is 1.10. The molecule has 0 heterocycles. The normalized spacial score (nSPS) is 9.25. The van der Waals surface area contributed by atoms with Gasteiger partial charge in [-0.05, 0) is 17.5 Å². The van der Waals surface area contributed by atoms with Gasteiger partial charge in [-0.3, -0.25) is 0 Å². The van der Waals surface area contributed by atoms with Crippen LogP contribution in [0, 0.1) is 6.92 Å². The molecule has 0 aliphatic carbocycles. The third-order valence-corrected chi connectivity index (χ3v) is 6.28. The summed E-state index contributed by atoms with van der Waals surface area (Å²) in [5.74, 6) is 0. The molecule has 3 radical (unpaired) electrons. The van der Waals surface area contributed by atoms with E-state index in [-0.39, 0.29) is 51.0 Å². The molecule has 0 atom stereocenters. The van der Waals surface area contributed by atoms with E-state index >= 15 is 0 Å². The molecular weight excluding hydrogens is 623 g/mol. The summed E-state index contributed by atoms with van der Waals surface area (Å²) < 4.78 is 0. The monoisotopic (exact) mass is 657 g/mol. The van der Waals surface area contributed by atoms with Crippen LogP contribution in [0.15, 0.2) is 121 Å². The number of rotatable bonds is 3. The molecule has 0 fully saturated rings. The molecule has 6 aromatic rings. The fourth-order valence-electron chi connectivity index (χ4n) is 4.62. The molecule has 40 heavy (non-hydrogen) atoms. The van der Waals surface area contributed by atoms with Crippen molar-refractivity contribution in [2.24, 2.45) is 0 Å². The molecule has 0 aliphatic heterocycles. The van der Waals surface area contributed by atoms with Crippen molar-refractivity contribution >= 4 is 31.8 Å². The van der Waals surface area contributed by atoms with Gasteiger partial charge in [-0.1, -0.05) is 118 Å². The van der Waals surface area contributed by atoms with Crippen LogP contribution in [0.2, 0.25) is 6.55 Å². The van der Waals surface area contributed by atoms with Crippen molar-refractivity contribution in [2.45, 2.75) is 40.7 Å². The largest absolute Gasteiger partial charge is 4.00 e. The van der Waals surface area contributed by atoms with Crippen molar-refractivity contribution in [3.05, 3.63) is 132 Å². The van der Waals surface area contributed by atoms with Crippen molar-refractivity contribution in [1.82, 2.24) is 0 Å². The molecule has 0 aromatic heterocycles. The first-order valence-electron chi connectivity index (χ1n) is 13.2. The van der Waals surface area contributed by atoms with Crippen LogP contribution in [0.4, 0.5) is 0 Å². The molecule has 0 spiro atoms. The molecule has 0 unspecified atom stereocenters. The second-order valence-corrected chi connectivity index (χ2v) is 8.60. The Kier molecular flexibility index (Phi) is 18.7. The van der Waals surface area contributed by atoms with Crippen LogP contribution in [-0.2, 0) is 32.6 Å². The van der Waals surface area contributed by atoms with Gasteiger partial charge in [0.05, 0.1) is 0 Å². The Balaban J connectivity index is 0.000000635. The van der Waals surface area contributed by atoms with Gasteiger partial charge in [0.1, 0.15) is 0 Å². The molecule has 0 N–H and O–H groups in total. The van der Waals surface area contributed by atoms with Gasteiger partial charge in [-0.25, -0.2) is 0 Å². The average molecular weight is 660 g/mol. The predicted octanol–water partition coefficient (Wildman–Crippen LogP) is 4.56. The fourth-order valence-corrected chi connectivity index (χ4v) is 4.62. The molecule has 0 bridgehead atoms. The molecule has 0 saturated carbocycles. The number of fused-ring (bicyclic) bond motifs is 2. The van der Waals surface area contributed by atoms with E-state index in [1.54, 1.807) is 6.55 Å². The van der Waals surface area contributed by atoms with Crippen LogP contribution < -0.4 is 24.8 Å². The number of hydrogen-bond donors (Lipinski definition) is 0. The van der Waals surface area contributed by atoms with Crippen LogP contribution in [0.25, 0.3) is 43.8 Å². The first kappa shape index (κ1) is 37.8. The van der Waals surface area contributed by atoms with Gasteiger partial charge in [0.25, 0.3) is 0 Å². The zero-order valence-electron chi connectivity index (χ0n) is 24.0.